The SMILES string of the molecule is CC(C(=O)N1CCC(C)(C)CC1)C1CNC1.Cl. The Bertz CT molecular complexity index is 267. The maximum Gasteiger partial charge on any atom is 0.225 e. The third-order valence-electron chi connectivity index (χ3n) is 4.34. The van der Waals surface area contributed by atoms with E-state index in [-0.39, 0.29) is 18.3 Å². The second-order valence-corrected chi connectivity index (χ2v) is 6.20. The highest BCUT2D eigenvalue weighted by Gasteiger charge is 2.34. The summed E-state index contributed by atoms with van der Waals surface area (Å²) < 4.78 is 0. The van der Waals surface area contributed by atoms with Crippen molar-refractivity contribution in [3.8, 4) is 0 Å². The van der Waals surface area contributed by atoms with Gasteiger partial charge in [0.15, 0.2) is 0 Å². The van der Waals surface area contributed by atoms with Crippen molar-refractivity contribution in [2.24, 2.45) is 17.3 Å². The van der Waals surface area contributed by atoms with Crippen molar-refractivity contribution < 1.29 is 4.79 Å². The Morgan fingerprint density at radius 1 is 1.29 bits per heavy atom. The van der Waals surface area contributed by atoms with Crippen molar-refractivity contribution in [2.75, 3.05) is 26.2 Å². The molecule has 0 saturated carbocycles. The van der Waals surface area contributed by atoms with E-state index in [9.17, 15) is 4.79 Å². The minimum Gasteiger partial charge on any atom is -0.342 e. The number of amides is 1. The fraction of sp³-hybridized carbons (Fsp3) is 0.923. The standard InChI is InChI=1S/C13H24N2O.ClH/c1-10(11-8-14-9-11)12(16)15-6-4-13(2,3)5-7-15;/h10-11,14H,4-9H2,1-3H3;1H. The van der Waals surface area contributed by atoms with Gasteiger partial charge in [-0.1, -0.05) is 20.8 Å². The summed E-state index contributed by atoms with van der Waals surface area (Å²) in [7, 11) is 0. The van der Waals surface area contributed by atoms with E-state index in [1.807, 2.05) is 0 Å². The Balaban J connectivity index is 0.00000144. The van der Waals surface area contributed by atoms with E-state index < -0.39 is 0 Å². The Morgan fingerprint density at radius 2 is 1.82 bits per heavy atom. The summed E-state index contributed by atoms with van der Waals surface area (Å²) >= 11 is 0. The van der Waals surface area contributed by atoms with Gasteiger partial charge in [0, 0.05) is 19.0 Å². The number of piperidine rings is 1. The van der Waals surface area contributed by atoms with E-state index in [0.717, 1.165) is 39.0 Å². The smallest absolute Gasteiger partial charge is 0.225 e. The molecule has 2 aliphatic heterocycles. The normalized spacial score (nSPS) is 25.7. The molecule has 2 aliphatic rings. The van der Waals surface area contributed by atoms with Crippen LogP contribution in [0.2, 0.25) is 0 Å². The number of likely N-dealkylation sites (tertiary alicyclic amines) is 1. The van der Waals surface area contributed by atoms with Crippen LogP contribution >= 0.6 is 12.4 Å². The molecule has 3 nitrogen and oxygen atoms in total. The maximum atomic E-state index is 12.2. The number of carbonyl (C=O) groups is 1. The van der Waals surface area contributed by atoms with Gasteiger partial charge in [-0.05, 0) is 37.3 Å². The average Bonchev–Trinajstić information content (AvgIpc) is 2.14. The summed E-state index contributed by atoms with van der Waals surface area (Å²) in [6.07, 6.45) is 2.29. The predicted molar refractivity (Wildman–Crippen MR) is 72.4 cm³/mol. The molecule has 0 aromatic heterocycles. The van der Waals surface area contributed by atoms with Gasteiger partial charge in [0.25, 0.3) is 0 Å². The van der Waals surface area contributed by atoms with Crippen molar-refractivity contribution in [1.82, 2.24) is 10.2 Å². The van der Waals surface area contributed by atoms with Crippen LogP contribution < -0.4 is 5.32 Å². The maximum absolute atomic E-state index is 12.2. The van der Waals surface area contributed by atoms with Crippen LogP contribution in [0.3, 0.4) is 0 Å². The van der Waals surface area contributed by atoms with Gasteiger partial charge in [-0.15, -0.1) is 12.4 Å². The highest BCUT2D eigenvalue weighted by Crippen LogP contribution is 2.31. The van der Waals surface area contributed by atoms with Crippen molar-refractivity contribution >= 4 is 18.3 Å². The second-order valence-electron chi connectivity index (χ2n) is 6.20. The van der Waals surface area contributed by atoms with Crippen LogP contribution in [0, 0.1) is 17.3 Å². The first kappa shape index (κ1) is 14.8. The highest BCUT2D eigenvalue weighted by molar-refractivity contribution is 5.85. The minimum absolute atomic E-state index is 0. The molecule has 0 aromatic rings. The monoisotopic (exact) mass is 260 g/mol. The molecule has 1 atom stereocenters. The molecule has 2 heterocycles. The number of halogens is 1. The molecule has 0 spiro atoms. The fourth-order valence-corrected chi connectivity index (χ4v) is 2.49. The summed E-state index contributed by atoms with van der Waals surface area (Å²) in [5, 5.41) is 3.24. The van der Waals surface area contributed by atoms with Gasteiger partial charge in [-0.25, -0.2) is 0 Å². The summed E-state index contributed by atoms with van der Waals surface area (Å²) in [5.74, 6) is 1.16. The molecule has 0 bridgehead atoms. The first-order valence-corrected chi connectivity index (χ1v) is 6.49. The number of hydrogen-bond acceptors (Lipinski definition) is 2. The zero-order valence-corrected chi connectivity index (χ0v) is 12.0. The van der Waals surface area contributed by atoms with E-state index in [4.69, 9.17) is 0 Å². The molecule has 2 saturated heterocycles. The molecule has 1 unspecified atom stereocenters. The van der Waals surface area contributed by atoms with E-state index in [2.05, 4.69) is 31.0 Å². The van der Waals surface area contributed by atoms with Crippen molar-refractivity contribution in [1.29, 1.82) is 0 Å². The summed E-state index contributed by atoms with van der Waals surface area (Å²) in [5.41, 5.74) is 0.429. The van der Waals surface area contributed by atoms with Gasteiger partial charge in [0.2, 0.25) is 5.91 Å². The first-order chi connectivity index (χ1) is 7.49. The van der Waals surface area contributed by atoms with Gasteiger partial charge in [0.1, 0.15) is 0 Å². The van der Waals surface area contributed by atoms with Gasteiger partial charge in [0.05, 0.1) is 0 Å². The van der Waals surface area contributed by atoms with Crippen LogP contribution in [0.1, 0.15) is 33.6 Å². The largest absolute Gasteiger partial charge is 0.342 e. The Hall–Kier alpha value is -0.280. The zero-order valence-electron chi connectivity index (χ0n) is 11.2. The number of carbonyl (C=O) groups excluding carboxylic acids is 1. The van der Waals surface area contributed by atoms with Gasteiger partial charge in [-0.3, -0.25) is 4.79 Å². The Kier molecular flexibility index (Phi) is 4.85. The summed E-state index contributed by atoms with van der Waals surface area (Å²) in [6.45, 7) is 10.6. The Morgan fingerprint density at radius 3 is 2.24 bits per heavy atom. The molecule has 2 fully saturated rings. The molecule has 17 heavy (non-hydrogen) atoms. The highest BCUT2D eigenvalue weighted by atomic mass is 35.5. The molecule has 0 aliphatic carbocycles. The van der Waals surface area contributed by atoms with Crippen LogP contribution in [0.5, 0.6) is 0 Å². The summed E-state index contributed by atoms with van der Waals surface area (Å²) in [6, 6.07) is 0. The second kappa shape index (κ2) is 5.57. The van der Waals surface area contributed by atoms with Crippen LogP contribution in [-0.4, -0.2) is 37.0 Å². The lowest BCUT2D eigenvalue weighted by Crippen LogP contribution is -2.52. The lowest BCUT2D eigenvalue weighted by atomic mass is 9.81. The van der Waals surface area contributed by atoms with Crippen LogP contribution in [0.4, 0.5) is 0 Å². The molecule has 4 heteroatoms. The van der Waals surface area contributed by atoms with Crippen molar-refractivity contribution in [2.45, 2.75) is 33.6 Å². The molecule has 0 aromatic carbocycles. The van der Waals surface area contributed by atoms with Gasteiger partial charge >= 0.3 is 0 Å². The molecular formula is C13H25ClN2O. The number of nitrogens with one attached hydrogen (secondary N) is 1. The lowest BCUT2D eigenvalue weighted by Gasteiger charge is -2.40. The van der Waals surface area contributed by atoms with E-state index in [1.54, 1.807) is 0 Å². The molecule has 2 rings (SSSR count). The molecular weight excluding hydrogens is 236 g/mol. The number of rotatable bonds is 2. The number of hydrogen-bond donors (Lipinski definition) is 1. The van der Waals surface area contributed by atoms with Gasteiger partial charge < -0.3 is 10.2 Å². The molecule has 100 valence electrons. The third-order valence-corrected chi connectivity index (χ3v) is 4.34. The van der Waals surface area contributed by atoms with Crippen molar-refractivity contribution in [3.05, 3.63) is 0 Å². The van der Waals surface area contributed by atoms with Crippen LogP contribution in [0.15, 0.2) is 0 Å². The Labute approximate surface area is 111 Å². The molecule has 1 amide bonds. The quantitative estimate of drug-likeness (QED) is 0.823. The van der Waals surface area contributed by atoms with Gasteiger partial charge in [-0.2, -0.15) is 0 Å². The lowest BCUT2D eigenvalue weighted by molar-refractivity contribution is -0.139. The van der Waals surface area contributed by atoms with E-state index >= 15 is 0 Å². The van der Waals surface area contributed by atoms with E-state index in [1.165, 1.54) is 0 Å². The summed E-state index contributed by atoms with van der Waals surface area (Å²) in [4.78, 5) is 14.3. The topological polar surface area (TPSA) is 32.3 Å². The fourth-order valence-electron chi connectivity index (χ4n) is 2.49. The van der Waals surface area contributed by atoms with Crippen LogP contribution in [0.25, 0.3) is 0 Å². The average molecular weight is 261 g/mol. The molecule has 0 radical (unpaired) electrons. The minimum atomic E-state index is 0. The number of nitrogens with zero attached hydrogens (tertiary/aromatic N) is 1. The predicted octanol–water partition coefficient (Wildman–Crippen LogP) is 1.91. The van der Waals surface area contributed by atoms with Crippen molar-refractivity contribution in [3.63, 3.8) is 0 Å². The first-order valence-electron chi connectivity index (χ1n) is 6.49. The zero-order chi connectivity index (χ0) is 11.8. The van der Waals surface area contributed by atoms with Crippen LogP contribution in [-0.2, 0) is 4.79 Å². The third kappa shape index (κ3) is 3.35. The van der Waals surface area contributed by atoms with E-state index in [0.29, 0.717) is 17.2 Å². The molecule has 1 N–H and O–H groups in total.